The Morgan fingerprint density at radius 1 is 1.00 bits per heavy atom. The maximum absolute atomic E-state index is 9.79. The Balaban J connectivity index is -0.000000208. The van der Waals surface area contributed by atoms with Gasteiger partial charge >= 0.3 is 11.9 Å². The summed E-state index contributed by atoms with van der Waals surface area (Å²) in [4.78, 5) is 19.6. The van der Waals surface area contributed by atoms with Crippen molar-refractivity contribution >= 4 is 28.9 Å². The molecule has 0 rings (SSSR count). The summed E-state index contributed by atoms with van der Waals surface area (Å²) in [6.45, 7) is 6.39. The van der Waals surface area contributed by atoms with Crippen molar-refractivity contribution in [1.29, 1.82) is 0 Å². The number of hydrogen-bond donors (Lipinski definition) is 3. The van der Waals surface area contributed by atoms with E-state index in [4.69, 9.17) is 10.2 Å². The van der Waals surface area contributed by atoms with Crippen LogP contribution in [0, 0.1) is 0 Å². The fraction of sp³-hybridized carbons (Fsp3) is 0.778. The zero-order valence-corrected chi connectivity index (χ0v) is 10.9. The monoisotopic (exact) mass is 285 g/mol. The molecule has 0 aromatic rings. The van der Waals surface area contributed by atoms with Crippen molar-refractivity contribution in [3.63, 3.8) is 0 Å². The van der Waals surface area contributed by atoms with Crippen molar-refractivity contribution in [2.75, 3.05) is 13.1 Å². The number of carboxylic acids is 2. The number of halogens is 1. The fourth-order valence-electron chi connectivity index (χ4n) is 0.641. The maximum Gasteiger partial charge on any atom is 0.303 e. The Morgan fingerprint density at radius 2 is 1.33 bits per heavy atom. The number of carboxylic acid groups (broad SMARTS) is 2. The van der Waals surface area contributed by atoms with E-state index >= 15 is 0 Å². The molecule has 0 atom stereocenters. The number of nitrogens with one attached hydrogen (secondary N) is 1. The lowest BCUT2D eigenvalue weighted by Gasteiger charge is -1.89. The number of carbonyl (C=O) groups is 2. The van der Waals surface area contributed by atoms with Crippen LogP contribution in [0.3, 0.4) is 0 Å². The van der Waals surface area contributed by atoms with Gasteiger partial charge in [0.15, 0.2) is 0 Å². The lowest BCUT2D eigenvalue weighted by Crippen LogP contribution is -2.09. The van der Waals surface area contributed by atoms with Gasteiger partial charge in [-0.05, 0) is 19.5 Å². The zero-order chi connectivity index (χ0) is 11.4. The van der Waals surface area contributed by atoms with Gasteiger partial charge in [-0.1, -0.05) is 13.8 Å². The quantitative estimate of drug-likeness (QED) is 0.689. The van der Waals surface area contributed by atoms with E-state index in [0.717, 1.165) is 13.1 Å². The van der Waals surface area contributed by atoms with Crippen LogP contribution in [-0.2, 0) is 9.59 Å². The van der Waals surface area contributed by atoms with Crippen LogP contribution in [0.2, 0.25) is 0 Å². The second kappa shape index (κ2) is 15.8. The second-order valence-corrected chi connectivity index (χ2v) is 2.60. The third-order valence-electron chi connectivity index (χ3n) is 1.28. The minimum absolute atomic E-state index is 0. The summed E-state index contributed by atoms with van der Waals surface area (Å²) in [6.07, 6.45) is 0.0866. The van der Waals surface area contributed by atoms with Gasteiger partial charge in [-0.15, -0.1) is 17.0 Å². The molecule has 0 spiro atoms. The minimum atomic E-state index is -0.948. The average molecular weight is 286 g/mol. The Hall–Kier alpha value is -0.620. The first-order valence-corrected chi connectivity index (χ1v) is 4.68. The molecule has 0 aromatic carbocycles. The minimum Gasteiger partial charge on any atom is -0.481 e. The van der Waals surface area contributed by atoms with E-state index in [1.807, 2.05) is 0 Å². The van der Waals surface area contributed by atoms with Crippen LogP contribution in [0.15, 0.2) is 0 Å². The van der Waals surface area contributed by atoms with Crippen LogP contribution in [0.5, 0.6) is 0 Å². The molecule has 0 saturated carbocycles. The molecule has 0 fully saturated rings. The molecule has 0 heterocycles. The van der Waals surface area contributed by atoms with Gasteiger partial charge in [0, 0.05) is 12.8 Å². The summed E-state index contributed by atoms with van der Waals surface area (Å²) in [6, 6.07) is 0. The van der Waals surface area contributed by atoms with Gasteiger partial charge in [-0.25, -0.2) is 0 Å². The molecular weight excluding hydrogens is 266 g/mol. The summed E-state index contributed by atoms with van der Waals surface area (Å²) in [7, 11) is 0. The molecule has 5 nitrogen and oxygen atoms in total. The Bertz CT molecular complexity index is 148. The first kappa shape index (κ1) is 19.9. The van der Waals surface area contributed by atoms with E-state index in [-0.39, 0.29) is 36.2 Å². The van der Waals surface area contributed by atoms with E-state index in [0.29, 0.717) is 0 Å². The van der Waals surface area contributed by atoms with Gasteiger partial charge in [0.2, 0.25) is 0 Å². The molecule has 0 aliphatic carbocycles. The van der Waals surface area contributed by atoms with E-state index < -0.39 is 11.9 Å². The third kappa shape index (κ3) is 31.8. The summed E-state index contributed by atoms with van der Waals surface area (Å²) < 4.78 is 0. The first-order valence-electron chi connectivity index (χ1n) is 4.68. The Morgan fingerprint density at radius 3 is 1.47 bits per heavy atom. The van der Waals surface area contributed by atoms with Gasteiger partial charge in [0.25, 0.3) is 0 Å². The lowest BCUT2D eigenvalue weighted by atomic mass is 10.2. The van der Waals surface area contributed by atoms with E-state index in [9.17, 15) is 9.59 Å². The Kier molecular flexibility index (Phi) is 21.0. The second-order valence-electron chi connectivity index (χ2n) is 2.60. The largest absolute Gasteiger partial charge is 0.481 e. The predicted octanol–water partition coefficient (Wildman–Crippen LogP) is 1.52. The first-order chi connectivity index (χ1) is 6.54. The van der Waals surface area contributed by atoms with Gasteiger partial charge in [-0.3, -0.25) is 9.59 Å². The number of aliphatic carboxylic acids is 2. The van der Waals surface area contributed by atoms with E-state index in [1.54, 1.807) is 0 Å². The molecule has 0 bridgehead atoms. The molecule has 0 aliphatic rings. The topological polar surface area (TPSA) is 86.6 Å². The molecular formula is C9H20BrNO4. The smallest absolute Gasteiger partial charge is 0.303 e. The van der Waals surface area contributed by atoms with E-state index in [2.05, 4.69) is 19.2 Å². The Labute approximate surface area is 101 Å². The zero-order valence-electron chi connectivity index (χ0n) is 9.15. The van der Waals surface area contributed by atoms with Crippen LogP contribution < -0.4 is 5.32 Å². The van der Waals surface area contributed by atoms with Crippen molar-refractivity contribution in [2.24, 2.45) is 0 Å². The molecule has 0 aliphatic heterocycles. The fourth-order valence-corrected chi connectivity index (χ4v) is 0.641. The summed E-state index contributed by atoms with van der Waals surface area (Å²) in [5, 5.41) is 19.2. The maximum atomic E-state index is 9.79. The van der Waals surface area contributed by atoms with Crippen molar-refractivity contribution in [1.82, 2.24) is 5.32 Å². The third-order valence-corrected chi connectivity index (χ3v) is 1.28. The predicted molar refractivity (Wildman–Crippen MR) is 63.7 cm³/mol. The highest BCUT2D eigenvalue weighted by Gasteiger charge is 1.99. The molecule has 15 heavy (non-hydrogen) atoms. The molecule has 0 amide bonds. The van der Waals surface area contributed by atoms with Gasteiger partial charge in [0.05, 0.1) is 0 Å². The normalized spacial score (nSPS) is 8.13. The molecule has 6 heteroatoms. The van der Waals surface area contributed by atoms with Gasteiger partial charge in [-0.2, -0.15) is 0 Å². The van der Waals surface area contributed by atoms with Crippen molar-refractivity contribution < 1.29 is 19.8 Å². The van der Waals surface area contributed by atoms with E-state index in [1.165, 1.54) is 0 Å². The standard InChI is InChI=1S/C5H8O4.C4H11N.BrH/c6-4(7)2-1-3-5(8)9;1-3-5-4-2;/h1-3H2,(H,6,7)(H,8,9);5H,3-4H2,1-2H3;1H. The van der Waals surface area contributed by atoms with Crippen LogP contribution in [0.1, 0.15) is 33.1 Å². The highest BCUT2D eigenvalue weighted by Crippen LogP contribution is 1.93. The van der Waals surface area contributed by atoms with Crippen molar-refractivity contribution in [2.45, 2.75) is 33.1 Å². The van der Waals surface area contributed by atoms with Gasteiger partial charge in [0.1, 0.15) is 0 Å². The van der Waals surface area contributed by atoms with Crippen molar-refractivity contribution in [3.8, 4) is 0 Å². The van der Waals surface area contributed by atoms with Crippen LogP contribution in [0.25, 0.3) is 0 Å². The molecule has 3 N–H and O–H groups in total. The molecule has 0 radical (unpaired) electrons. The van der Waals surface area contributed by atoms with Crippen molar-refractivity contribution in [3.05, 3.63) is 0 Å². The van der Waals surface area contributed by atoms with Crippen LogP contribution in [0.4, 0.5) is 0 Å². The van der Waals surface area contributed by atoms with Gasteiger partial charge < -0.3 is 15.5 Å². The SMILES string of the molecule is Br.CCNCC.O=C(O)CCCC(=O)O. The highest BCUT2D eigenvalue weighted by molar-refractivity contribution is 8.93. The lowest BCUT2D eigenvalue weighted by molar-refractivity contribution is -0.138. The number of hydrogen-bond acceptors (Lipinski definition) is 3. The summed E-state index contributed by atoms with van der Waals surface area (Å²) in [5.41, 5.74) is 0. The van der Waals surface area contributed by atoms with Crippen LogP contribution in [-0.4, -0.2) is 35.2 Å². The number of rotatable bonds is 6. The molecule has 92 valence electrons. The average Bonchev–Trinajstić information content (AvgIpc) is 2.05. The van der Waals surface area contributed by atoms with Crippen LogP contribution >= 0.6 is 17.0 Å². The molecule has 0 aromatic heterocycles. The highest BCUT2D eigenvalue weighted by atomic mass is 79.9. The molecule has 0 saturated heterocycles. The molecule has 0 unspecified atom stereocenters. The summed E-state index contributed by atoms with van der Waals surface area (Å²) >= 11 is 0. The summed E-state index contributed by atoms with van der Waals surface area (Å²) in [5.74, 6) is -1.90.